The van der Waals surface area contributed by atoms with Gasteiger partial charge in [-0.1, -0.05) is 61.7 Å². The first-order valence-corrected chi connectivity index (χ1v) is 8.39. The van der Waals surface area contributed by atoms with E-state index in [1.54, 1.807) is 0 Å². The molecule has 0 spiro atoms. The molecule has 0 saturated carbocycles. The Hall–Kier alpha value is -1.68. The fourth-order valence-corrected chi connectivity index (χ4v) is 3.53. The van der Waals surface area contributed by atoms with Crippen molar-refractivity contribution in [2.45, 2.75) is 12.1 Å². The van der Waals surface area contributed by atoms with E-state index >= 15 is 0 Å². The number of ether oxygens (including phenoxy) is 1. The second-order valence-electron chi connectivity index (χ2n) is 6.18. The minimum atomic E-state index is 0.268. The molecule has 0 aromatic heterocycles. The Morgan fingerprint density at radius 1 is 1.13 bits per heavy atom. The zero-order valence-corrected chi connectivity index (χ0v) is 13.7. The molecule has 2 aliphatic heterocycles. The summed E-state index contributed by atoms with van der Waals surface area (Å²) in [7, 11) is 0. The van der Waals surface area contributed by atoms with E-state index in [0.29, 0.717) is 6.04 Å². The van der Waals surface area contributed by atoms with Gasteiger partial charge in [0.15, 0.2) is 0 Å². The summed E-state index contributed by atoms with van der Waals surface area (Å²) in [4.78, 5) is 5.10. The molecule has 1 aromatic carbocycles. The van der Waals surface area contributed by atoms with E-state index in [-0.39, 0.29) is 6.04 Å². The lowest BCUT2D eigenvalue weighted by Gasteiger charge is -2.50. The lowest BCUT2D eigenvalue weighted by molar-refractivity contribution is -0.0409. The third-order valence-corrected chi connectivity index (χ3v) is 4.79. The highest BCUT2D eigenvalue weighted by Crippen LogP contribution is 2.34. The van der Waals surface area contributed by atoms with E-state index in [0.717, 1.165) is 39.4 Å². The summed E-state index contributed by atoms with van der Waals surface area (Å²) < 4.78 is 5.46. The predicted molar refractivity (Wildman–Crippen MR) is 95.4 cm³/mol. The van der Waals surface area contributed by atoms with Gasteiger partial charge in [0.1, 0.15) is 0 Å². The third kappa shape index (κ3) is 3.63. The van der Waals surface area contributed by atoms with Crippen LogP contribution in [0, 0.1) is 0 Å². The first-order valence-electron chi connectivity index (χ1n) is 8.39. The number of hydrogen-bond acceptors (Lipinski definition) is 3. The first kappa shape index (κ1) is 16.2. The van der Waals surface area contributed by atoms with Gasteiger partial charge in [-0.25, -0.2) is 0 Å². The molecule has 2 heterocycles. The Balaban J connectivity index is 1.74. The standard InChI is InChI=1S/C20H26N2O/c1-3-8-17(4-2)20(18-9-6-5-7-10-18)22-15-19(16-22)21-11-13-23-14-12-21/h3-10,19-20H,1-2,11-16H2/b17-8+. The molecule has 3 rings (SSSR count). The van der Waals surface area contributed by atoms with Gasteiger partial charge in [0.2, 0.25) is 0 Å². The Kier molecular flexibility index (Phi) is 5.44. The molecule has 0 aliphatic carbocycles. The van der Waals surface area contributed by atoms with E-state index in [2.05, 4.69) is 59.4 Å². The largest absolute Gasteiger partial charge is 0.379 e. The predicted octanol–water partition coefficient (Wildman–Crippen LogP) is 3.04. The molecular weight excluding hydrogens is 284 g/mol. The average molecular weight is 310 g/mol. The van der Waals surface area contributed by atoms with Crippen LogP contribution in [0.1, 0.15) is 11.6 Å². The minimum absolute atomic E-state index is 0.268. The zero-order chi connectivity index (χ0) is 16.1. The van der Waals surface area contributed by atoms with Crippen molar-refractivity contribution in [1.29, 1.82) is 0 Å². The number of morpholine rings is 1. The van der Waals surface area contributed by atoms with Gasteiger partial charge >= 0.3 is 0 Å². The molecule has 23 heavy (non-hydrogen) atoms. The first-order chi connectivity index (χ1) is 11.3. The van der Waals surface area contributed by atoms with Crippen molar-refractivity contribution < 1.29 is 4.74 Å². The Labute approximate surface area is 139 Å². The molecule has 0 bridgehead atoms. The van der Waals surface area contributed by atoms with Gasteiger partial charge in [0.25, 0.3) is 0 Å². The highest BCUT2D eigenvalue weighted by atomic mass is 16.5. The lowest BCUT2D eigenvalue weighted by atomic mass is 9.92. The van der Waals surface area contributed by atoms with Gasteiger partial charge in [-0.2, -0.15) is 0 Å². The van der Waals surface area contributed by atoms with Crippen LogP contribution >= 0.6 is 0 Å². The molecule has 0 N–H and O–H groups in total. The molecule has 2 saturated heterocycles. The van der Waals surface area contributed by atoms with Crippen LogP contribution in [0.3, 0.4) is 0 Å². The number of likely N-dealkylation sites (tertiary alicyclic amines) is 1. The monoisotopic (exact) mass is 310 g/mol. The highest BCUT2D eigenvalue weighted by Gasteiger charge is 2.37. The number of rotatable bonds is 6. The molecule has 2 fully saturated rings. The van der Waals surface area contributed by atoms with Crippen LogP contribution in [-0.2, 0) is 4.74 Å². The van der Waals surface area contributed by atoms with Crippen LogP contribution in [0.4, 0.5) is 0 Å². The average Bonchev–Trinajstić information content (AvgIpc) is 2.57. The second kappa shape index (κ2) is 7.73. The summed E-state index contributed by atoms with van der Waals surface area (Å²) in [5.41, 5.74) is 2.53. The zero-order valence-electron chi connectivity index (χ0n) is 13.7. The number of nitrogens with zero attached hydrogens (tertiary/aromatic N) is 2. The van der Waals surface area contributed by atoms with Crippen LogP contribution in [-0.4, -0.2) is 55.2 Å². The van der Waals surface area contributed by atoms with E-state index in [1.165, 1.54) is 11.1 Å². The summed E-state index contributed by atoms with van der Waals surface area (Å²) in [6.45, 7) is 13.9. The van der Waals surface area contributed by atoms with Gasteiger partial charge < -0.3 is 4.74 Å². The molecule has 0 amide bonds. The molecule has 2 aliphatic rings. The summed E-state index contributed by atoms with van der Waals surface area (Å²) in [5, 5.41) is 0. The fraction of sp³-hybridized carbons (Fsp3) is 0.400. The summed E-state index contributed by atoms with van der Waals surface area (Å²) in [5.74, 6) is 0. The SMILES string of the molecule is C=C/C=C(\C=C)C(c1ccccc1)N1CC(N2CCOCC2)C1. The third-order valence-electron chi connectivity index (χ3n) is 4.79. The highest BCUT2D eigenvalue weighted by molar-refractivity contribution is 5.36. The molecule has 3 nitrogen and oxygen atoms in total. The molecule has 3 heteroatoms. The van der Waals surface area contributed by atoms with Crippen molar-refractivity contribution >= 4 is 0 Å². The van der Waals surface area contributed by atoms with Crippen molar-refractivity contribution in [3.05, 3.63) is 72.9 Å². The van der Waals surface area contributed by atoms with Crippen LogP contribution in [0.15, 0.2) is 67.3 Å². The second-order valence-corrected chi connectivity index (χ2v) is 6.18. The normalized spacial score (nSPS) is 22.3. The maximum atomic E-state index is 5.46. The number of hydrogen-bond donors (Lipinski definition) is 0. The van der Waals surface area contributed by atoms with Crippen LogP contribution in [0.5, 0.6) is 0 Å². The van der Waals surface area contributed by atoms with Crippen LogP contribution in [0.25, 0.3) is 0 Å². The quantitative estimate of drug-likeness (QED) is 0.751. The van der Waals surface area contributed by atoms with Crippen molar-refractivity contribution in [2.24, 2.45) is 0 Å². The van der Waals surface area contributed by atoms with E-state index < -0.39 is 0 Å². The molecule has 0 radical (unpaired) electrons. The van der Waals surface area contributed by atoms with Crippen LogP contribution in [0.2, 0.25) is 0 Å². The van der Waals surface area contributed by atoms with E-state index in [4.69, 9.17) is 4.74 Å². The van der Waals surface area contributed by atoms with Gasteiger partial charge in [-0.3, -0.25) is 9.80 Å². The van der Waals surface area contributed by atoms with E-state index in [1.807, 2.05) is 12.2 Å². The lowest BCUT2D eigenvalue weighted by Crippen LogP contribution is -2.62. The molecular formula is C20H26N2O. The number of benzene rings is 1. The van der Waals surface area contributed by atoms with Gasteiger partial charge in [-0.15, -0.1) is 0 Å². The minimum Gasteiger partial charge on any atom is -0.379 e. The molecule has 1 unspecified atom stereocenters. The summed E-state index contributed by atoms with van der Waals surface area (Å²) in [6.07, 6.45) is 5.89. The fourth-order valence-electron chi connectivity index (χ4n) is 3.53. The Morgan fingerprint density at radius 2 is 1.83 bits per heavy atom. The van der Waals surface area contributed by atoms with Crippen molar-refractivity contribution in [1.82, 2.24) is 9.80 Å². The smallest absolute Gasteiger partial charge is 0.0602 e. The summed E-state index contributed by atoms with van der Waals surface area (Å²) in [6, 6.07) is 11.6. The maximum Gasteiger partial charge on any atom is 0.0602 e. The Morgan fingerprint density at radius 3 is 2.43 bits per heavy atom. The van der Waals surface area contributed by atoms with Crippen molar-refractivity contribution in [3.63, 3.8) is 0 Å². The van der Waals surface area contributed by atoms with E-state index in [9.17, 15) is 0 Å². The van der Waals surface area contributed by atoms with Gasteiger partial charge in [-0.05, 0) is 11.1 Å². The van der Waals surface area contributed by atoms with Gasteiger partial charge in [0.05, 0.1) is 19.3 Å². The maximum absolute atomic E-state index is 5.46. The molecule has 122 valence electrons. The topological polar surface area (TPSA) is 15.7 Å². The number of allylic oxidation sites excluding steroid dienone is 2. The van der Waals surface area contributed by atoms with Crippen molar-refractivity contribution in [2.75, 3.05) is 39.4 Å². The van der Waals surface area contributed by atoms with Crippen molar-refractivity contribution in [3.8, 4) is 0 Å². The molecule has 1 atom stereocenters. The van der Waals surface area contributed by atoms with Crippen LogP contribution < -0.4 is 0 Å². The molecule has 1 aromatic rings. The van der Waals surface area contributed by atoms with Gasteiger partial charge in [0, 0.05) is 32.2 Å². The summed E-state index contributed by atoms with van der Waals surface area (Å²) >= 11 is 0. The Bertz CT molecular complexity index is 554.